The zero-order chi connectivity index (χ0) is 17.9. The fourth-order valence-electron chi connectivity index (χ4n) is 2.98. The zero-order valence-electron chi connectivity index (χ0n) is 13.7. The van der Waals surface area contributed by atoms with Crippen molar-refractivity contribution in [3.8, 4) is 11.3 Å². The Bertz CT molecular complexity index is 1080. The van der Waals surface area contributed by atoms with Gasteiger partial charge in [-0.1, -0.05) is 65.9 Å². The van der Waals surface area contributed by atoms with E-state index in [1.54, 1.807) is 0 Å². The highest BCUT2D eigenvalue weighted by Gasteiger charge is 2.20. The lowest BCUT2D eigenvalue weighted by atomic mass is 9.98. The number of hydrogen-bond acceptors (Lipinski definition) is 4. The maximum atomic E-state index is 12.6. The Morgan fingerprint density at radius 3 is 2.04 bits per heavy atom. The second-order valence-corrected chi connectivity index (χ2v) is 5.79. The van der Waals surface area contributed by atoms with E-state index in [-0.39, 0.29) is 11.6 Å². The van der Waals surface area contributed by atoms with Crippen LogP contribution >= 0.6 is 0 Å². The number of H-pyrrole nitrogens is 2. The molecule has 128 valence electrons. The minimum absolute atomic E-state index is 0.273. The minimum Gasteiger partial charge on any atom is -0.288 e. The largest absolute Gasteiger partial charge is 0.329 e. The van der Waals surface area contributed by atoms with E-state index in [1.165, 1.54) is 17.0 Å². The maximum absolute atomic E-state index is 12.6. The first-order valence-electron chi connectivity index (χ1n) is 8.06. The van der Waals surface area contributed by atoms with Crippen molar-refractivity contribution in [2.45, 2.75) is 6.04 Å². The summed E-state index contributed by atoms with van der Waals surface area (Å²) >= 11 is 0. The molecule has 0 aliphatic heterocycles. The molecule has 7 heteroatoms. The third kappa shape index (κ3) is 2.86. The van der Waals surface area contributed by atoms with E-state index in [2.05, 4.69) is 20.4 Å². The van der Waals surface area contributed by atoms with E-state index in [9.17, 15) is 9.59 Å². The summed E-state index contributed by atoms with van der Waals surface area (Å²) in [7, 11) is 0. The molecule has 0 saturated carbocycles. The number of aromatic amines is 2. The number of nitrogens with zero attached hydrogens (tertiary/aromatic N) is 3. The van der Waals surface area contributed by atoms with Crippen LogP contribution < -0.4 is 11.2 Å². The van der Waals surface area contributed by atoms with Crippen LogP contribution in [-0.2, 0) is 0 Å². The third-order valence-electron chi connectivity index (χ3n) is 4.17. The van der Waals surface area contributed by atoms with Crippen molar-refractivity contribution in [3.05, 3.63) is 105 Å². The molecule has 0 unspecified atom stereocenters. The summed E-state index contributed by atoms with van der Waals surface area (Å²) in [6.45, 7) is 0. The number of hydrogen-bond donors (Lipinski definition) is 2. The first-order valence-corrected chi connectivity index (χ1v) is 8.06. The minimum atomic E-state index is -0.500. The number of nitrogens with one attached hydrogen (secondary N) is 2. The molecule has 2 aromatic heterocycles. The molecule has 0 fully saturated rings. The van der Waals surface area contributed by atoms with Crippen molar-refractivity contribution in [1.82, 2.24) is 25.0 Å². The first-order chi connectivity index (χ1) is 12.7. The normalized spacial score (nSPS) is 11.0. The van der Waals surface area contributed by atoms with Crippen LogP contribution in [0.15, 0.2) is 82.6 Å². The molecule has 0 spiro atoms. The van der Waals surface area contributed by atoms with Gasteiger partial charge in [0.2, 0.25) is 0 Å². The van der Waals surface area contributed by atoms with Crippen molar-refractivity contribution < 1.29 is 0 Å². The molecule has 4 rings (SSSR count). The van der Waals surface area contributed by atoms with Gasteiger partial charge in [-0.15, -0.1) is 5.10 Å². The lowest BCUT2D eigenvalue weighted by Gasteiger charge is -2.21. The van der Waals surface area contributed by atoms with Crippen LogP contribution in [0, 0.1) is 0 Å². The van der Waals surface area contributed by atoms with Gasteiger partial charge in [-0.3, -0.25) is 19.4 Å². The summed E-state index contributed by atoms with van der Waals surface area (Å²) in [6, 6.07) is 18.9. The summed E-state index contributed by atoms with van der Waals surface area (Å²) in [5.41, 5.74) is 1.52. The maximum Gasteiger partial charge on any atom is 0.329 e. The van der Waals surface area contributed by atoms with Gasteiger partial charge in [-0.2, -0.15) is 0 Å². The molecule has 2 N–H and O–H groups in total. The van der Waals surface area contributed by atoms with E-state index in [0.29, 0.717) is 5.69 Å². The first kappa shape index (κ1) is 15.8. The molecule has 0 bridgehead atoms. The molecular weight excluding hydrogens is 330 g/mol. The third-order valence-corrected chi connectivity index (χ3v) is 4.17. The Kier molecular flexibility index (Phi) is 4.03. The monoisotopic (exact) mass is 345 g/mol. The summed E-state index contributed by atoms with van der Waals surface area (Å²) < 4.78 is 1.51. The molecule has 7 nitrogen and oxygen atoms in total. The predicted octanol–water partition coefficient (Wildman–Crippen LogP) is 1.96. The Balaban J connectivity index is 1.96. The van der Waals surface area contributed by atoms with Gasteiger partial charge in [0.05, 0.1) is 17.8 Å². The van der Waals surface area contributed by atoms with Crippen molar-refractivity contribution in [2.24, 2.45) is 0 Å². The summed E-state index contributed by atoms with van der Waals surface area (Å²) in [4.78, 5) is 27.2. The van der Waals surface area contributed by atoms with E-state index in [4.69, 9.17) is 0 Å². The van der Waals surface area contributed by atoms with Gasteiger partial charge in [0, 0.05) is 6.20 Å². The molecule has 0 aliphatic rings. The van der Waals surface area contributed by atoms with Crippen LogP contribution in [0.25, 0.3) is 11.3 Å². The van der Waals surface area contributed by atoms with Gasteiger partial charge in [0.15, 0.2) is 0 Å². The van der Waals surface area contributed by atoms with E-state index < -0.39 is 11.2 Å². The van der Waals surface area contributed by atoms with Gasteiger partial charge < -0.3 is 0 Å². The standard InChI is InChI=1S/C19H15N5O2/c25-18-15(16-11-20-23-22-16)12-24(19(26)21-18)17(13-7-3-1-4-8-13)14-9-5-2-6-10-14/h1-12,17H,(H,20,22,23)(H,21,25,26). The Morgan fingerprint density at radius 1 is 0.885 bits per heavy atom. The molecule has 0 amide bonds. The lowest BCUT2D eigenvalue weighted by Crippen LogP contribution is -2.33. The fraction of sp³-hybridized carbons (Fsp3) is 0.0526. The average Bonchev–Trinajstić information content (AvgIpc) is 3.20. The van der Waals surface area contributed by atoms with Gasteiger partial charge in [0.1, 0.15) is 5.69 Å². The SMILES string of the molecule is O=c1[nH]c(=O)n(C(c2ccccc2)c2ccccc2)cc1-c1c[nH]nn1. The summed E-state index contributed by atoms with van der Waals surface area (Å²) in [5.74, 6) is 0. The van der Waals surface area contributed by atoms with Crippen molar-refractivity contribution in [2.75, 3.05) is 0 Å². The van der Waals surface area contributed by atoms with Crippen LogP contribution in [0.2, 0.25) is 0 Å². The Labute approximate surface area is 148 Å². The van der Waals surface area contributed by atoms with Crippen molar-refractivity contribution in [1.29, 1.82) is 0 Å². The molecule has 0 saturated heterocycles. The smallest absolute Gasteiger partial charge is 0.288 e. The summed E-state index contributed by atoms with van der Waals surface area (Å²) in [5, 5.41) is 10.1. The molecule has 0 aliphatic carbocycles. The van der Waals surface area contributed by atoms with E-state index >= 15 is 0 Å². The Morgan fingerprint density at radius 2 is 1.50 bits per heavy atom. The average molecular weight is 345 g/mol. The molecule has 4 aromatic rings. The number of rotatable bonds is 4. The molecular formula is C19H15N5O2. The molecule has 0 radical (unpaired) electrons. The van der Waals surface area contributed by atoms with E-state index in [0.717, 1.165) is 11.1 Å². The van der Waals surface area contributed by atoms with Gasteiger partial charge in [0.25, 0.3) is 5.56 Å². The van der Waals surface area contributed by atoms with Crippen molar-refractivity contribution in [3.63, 3.8) is 0 Å². The zero-order valence-corrected chi connectivity index (χ0v) is 13.7. The van der Waals surface area contributed by atoms with Gasteiger partial charge >= 0.3 is 5.69 Å². The van der Waals surface area contributed by atoms with Crippen molar-refractivity contribution >= 4 is 0 Å². The fourth-order valence-corrected chi connectivity index (χ4v) is 2.98. The molecule has 0 atom stereocenters. The lowest BCUT2D eigenvalue weighted by molar-refractivity contribution is 0.628. The predicted molar refractivity (Wildman–Crippen MR) is 96.8 cm³/mol. The van der Waals surface area contributed by atoms with Crippen LogP contribution in [-0.4, -0.2) is 25.0 Å². The second-order valence-electron chi connectivity index (χ2n) is 5.79. The molecule has 26 heavy (non-hydrogen) atoms. The molecule has 2 heterocycles. The highest BCUT2D eigenvalue weighted by molar-refractivity contribution is 5.54. The number of benzene rings is 2. The second kappa shape index (κ2) is 6.64. The Hall–Kier alpha value is -3.74. The topological polar surface area (TPSA) is 96.4 Å². The summed E-state index contributed by atoms with van der Waals surface area (Å²) in [6.07, 6.45) is 3.04. The van der Waals surface area contributed by atoms with Gasteiger partial charge in [-0.25, -0.2) is 4.79 Å². The number of aromatic nitrogens is 5. The highest BCUT2D eigenvalue weighted by atomic mass is 16.2. The highest BCUT2D eigenvalue weighted by Crippen LogP contribution is 2.25. The van der Waals surface area contributed by atoms with Gasteiger partial charge in [-0.05, 0) is 11.1 Å². The van der Waals surface area contributed by atoms with Crippen LogP contribution in [0.4, 0.5) is 0 Å². The van der Waals surface area contributed by atoms with E-state index in [1.807, 2.05) is 60.7 Å². The molecule has 2 aromatic carbocycles. The van der Waals surface area contributed by atoms with Crippen LogP contribution in [0.3, 0.4) is 0 Å². The van der Waals surface area contributed by atoms with Crippen LogP contribution in [0.5, 0.6) is 0 Å². The van der Waals surface area contributed by atoms with Crippen LogP contribution in [0.1, 0.15) is 17.2 Å². The quantitative estimate of drug-likeness (QED) is 0.591.